The molecule has 7 nitrogen and oxygen atoms in total. The number of thioether (sulfide) groups is 1. The molecule has 2 aromatic carbocycles. The highest BCUT2D eigenvalue weighted by atomic mass is 35.5. The second kappa shape index (κ2) is 11.5. The third-order valence-corrected chi connectivity index (χ3v) is 6.08. The van der Waals surface area contributed by atoms with Gasteiger partial charge < -0.3 is 14.8 Å². The van der Waals surface area contributed by atoms with Crippen LogP contribution in [-0.2, 0) is 20.2 Å². The zero-order valence-electron chi connectivity index (χ0n) is 17.1. The van der Waals surface area contributed by atoms with Crippen LogP contribution in [0.4, 0.5) is 4.39 Å². The maximum atomic E-state index is 14.0. The van der Waals surface area contributed by atoms with E-state index in [1.165, 1.54) is 13.2 Å². The van der Waals surface area contributed by atoms with Crippen molar-refractivity contribution in [3.05, 3.63) is 57.3 Å². The van der Waals surface area contributed by atoms with Gasteiger partial charge >= 0.3 is 0 Å². The lowest BCUT2D eigenvalue weighted by molar-refractivity contribution is 0.280. The van der Waals surface area contributed by atoms with Crippen LogP contribution in [0.2, 0.25) is 10.0 Å². The first kappa shape index (κ1) is 23.6. The fourth-order valence-corrected chi connectivity index (χ4v) is 4.06. The van der Waals surface area contributed by atoms with E-state index >= 15 is 0 Å². The number of ether oxygens (including phenoxy) is 2. The Hall–Kier alpha value is -2.07. The number of methoxy groups -OCH3 is 1. The summed E-state index contributed by atoms with van der Waals surface area (Å²) in [4.78, 5) is 0. The first-order valence-electron chi connectivity index (χ1n) is 9.47. The SMILES string of the molecule is COc1cc(CNCCCSc2nnnn2C)cc(Cl)c1OCc1c(F)cccc1Cl. The Morgan fingerprint density at radius 3 is 2.77 bits per heavy atom. The molecule has 1 heterocycles. The number of hydrogen-bond acceptors (Lipinski definition) is 7. The Morgan fingerprint density at radius 2 is 2.06 bits per heavy atom. The fourth-order valence-electron chi connectivity index (χ4n) is 2.77. The van der Waals surface area contributed by atoms with E-state index in [0.717, 1.165) is 29.4 Å². The Bertz CT molecular complexity index is 1000. The van der Waals surface area contributed by atoms with Crippen molar-refractivity contribution >= 4 is 35.0 Å². The smallest absolute Gasteiger partial charge is 0.209 e. The van der Waals surface area contributed by atoms with Gasteiger partial charge in [-0.1, -0.05) is 41.0 Å². The van der Waals surface area contributed by atoms with Gasteiger partial charge in [0, 0.05) is 24.9 Å². The second-order valence-corrected chi connectivity index (χ2v) is 8.44. The van der Waals surface area contributed by atoms with E-state index in [4.69, 9.17) is 32.7 Å². The summed E-state index contributed by atoms with van der Waals surface area (Å²) in [5.74, 6) is 1.29. The van der Waals surface area contributed by atoms with Crippen molar-refractivity contribution in [3.8, 4) is 11.5 Å². The molecule has 3 rings (SSSR count). The molecule has 0 saturated heterocycles. The topological polar surface area (TPSA) is 74.1 Å². The first-order chi connectivity index (χ1) is 15.0. The summed E-state index contributed by atoms with van der Waals surface area (Å²) in [6.07, 6.45) is 0.951. The van der Waals surface area contributed by atoms with Crippen molar-refractivity contribution < 1.29 is 13.9 Å². The maximum Gasteiger partial charge on any atom is 0.209 e. The van der Waals surface area contributed by atoms with Gasteiger partial charge in [0.25, 0.3) is 0 Å². The predicted octanol–water partition coefficient (Wildman–Crippen LogP) is 4.52. The molecular formula is C20H22Cl2FN5O2S. The van der Waals surface area contributed by atoms with Crippen molar-refractivity contribution in [3.63, 3.8) is 0 Å². The minimum Gasteiger partial charge on any atom is -0.493 e. The molecule has 0 bridgehead atoms. The lowest BCUT2D eigenvalue weighted by atomic mass is 10.2. The van der Waals surface area contributed by atoms with Crippen LogP contribution in [0.25, 0.3) is 0 Å². The summed E-state index contributed by atoms with van der Waals surface area (Å²) in [7, 11) is 3.35. The highest BCUT2D eigenvalue weighted by Crippen LogP contribution is 2.37. The maximum absolute atomic E-state index is 14.0. The molecular weight excluding hydrogens is 464 g/mol. The number of benzene rings is 2. The molecule has 1 N–H and O–H groups in total. The van der Waals surface area contributed by atoms with E-state index < -0.39 is 5.82 Å². The monoisotopic (exact) mass is 485 g/mol. The number of rotatable bonds is 11. The normalized spacial score (nSPS) is 11.0. The summed E-state index contributed by atoms with van der Waals surface area (Å²) in [6, 6.07) is 8.13. The number of halogens is 3. The van der Waals surface area contributed by atoms with Gasteiger partial charge in [-0.3, -0.25) is 0 Å². The Balaban J connectivity index is 1.52. The largest absolute Gasteiger partial charge is 0.493 e. The van der Waals surface area contributed by atoms with Gasteiger partial charge in [-0.2, -0.15) is 0 Å². The van der Waals surface area contributed by atoms with E-state index in [1.54, 1.807) is 34.6 Å². The molecule has 0 amide bonds. The average Bonchev–Trinajstić information content (AvgIpc) is 3.15. The standard InChI is InChI=1S/C20H22Cl2FN5O2S/c1-28-20(25-26-27-28)31-8-4-7-24-11-13-9-16(22)19(18(10-13)29-2)30-12-14-15(21)5-3-6-17(14)23/h3,5-6,9-10,24H,4,7-8,11-12H2,1-2H3. The summed E-state index contributed by atoms with van der Waals surface area (Å²) in [6.45, 7) is 1.38. The molecule has 0 fully saturated rings. The number of aryl methyl sites for hydroxylation is 1. The molecule has 0 unspecified atom stereocenters. The molecule has 1 aromatic heterocycles. The van der Waals surface area contributed by atoms with Gasteiger partial charge in [-0.25, -0.2) is 9.07 Å². The van der Waals surface area contributed by atoms with Crippen LogP contribution in [0.5, 0.6) is 11.5 Å². The van der Waals surface area contributed by atoms with Crippen LogP contribution in [0.1, 0.15) is 17.5 Å². The molecule has 0 atom stereocenters. The molecule has 0 aliphatic carbocycles. The molecule has 0 spiro atoms. The van der Waals surface area contributed by atoms with Gasteiger partial charge in [-0.05, 0) is 53.2 Å². The zero-order chi connectivity index (χ0) is 22.2. The third-order valence-electron chi connectivity index (χ3n) is 4.35. The number of hydrogen-bond donors (Lipinski definition) is 1. The second-order valence-electron chi connectivity index (χ2n) is 6.56. The number of nitrogens with one attached hydrogen (secondary N) is 1. The predicted molar refractivity (Wildman–Crippen MR) is 120 cm³/mol. The highest BCUT2D eigenvalue weighted by molar-refractivity contribution is 7.99. The van der Waals surface area contributed by atoms with Crippen LogP contribution in [0, 0.1) is 5.82 Å². The van der Waals surface area contributed by atoms with Gasteiger partial charge in [0.1, 0.15) is 12.4 Å². The van der Waals surface area contributed by atoms with E-state index in [1.807, 2.05) is 13.1 Å². The van der Waals surface area contributed by atoms with E-state index in [9.17, 15) is 4.39 Å². The Kier molecular flexibility index (Phi) is 8.77. The number of aromatic nitrogens is 4. The van der Waals surface area contributed by atoms with Crippen molar-refractivity contribution in [2.24, 2.45) is 7.05 Å². The molecule has 0 aliphatic heterocycles. The van der Waals surface area contributed by atoms with Crippen molar-refractivity contribution in [1.82, 2.24) is 25.5 Å². The van der Waals surface area contributed by atoms with E-state index in [0.29, 0.717) is 28.1 Å². The molecule has 0 saturated carbocycles. The molecule has 3 aromatic rings. The molecule has 11 heteroatoms. The minimum atomic E-state index is -0.433. The van der Waals surface area contributed by atoms with Gasteiger partial charge in [0.15, 0.2) is 11.5 Å². The van der Waals surface area contributed by atoms with Crippen LogP contribution < -0.4 is 14.8 Å². The van der Waals surface area contributed by atoms with Gasteiger partial charge in [0.05, 0.1) is 17.2 Å². The average molecular weight is 486 g/mol. The third kappa shape index (κ3) is 6.46. The van der Waals surface area contributed by atoms with Crippen LogP contribution >= 0.6 is 35.0 Å². The lowest BCUT2D eigenvalue weighted by Gasteiger charge is -2.15. The molecule has 31 heavy (non-hydrogen) atoms. The van der Waals surface area contributed by atoms with E-state index in [-0.39, 0.29) is 12.2 Å². The summed E-state index contributed by atoms with van der Waals surface area (Å²) < 4.78 is 26.8. The molecule has 0 radical (unpaired) electrons. The minimum absolute atomic E-state index is 0.0576. The van der Waals surface area contributed by atoms with Crippen LogP contribution in [0.3, 0.4) is 0 Å². The first-order valence-corrected chi connectivity index (χ1v) is 11.2. The highest BCUT2D eigenvalue weighted by Gasteiger charge is 2.15. The quantitative estimate of drug-likeness (QED) is 0.316. The van der Waals surface area contributed by atoms with Crippen molar-refractivity contribution in [1.29, 1.82) is 0 Å². The van der Waals surface area contributed by atoms with E-state index in [2.05, 4.69) is 20.8 Å². The number of tetrazole rings is 1. The summed E-state index contributed by atoms with van der Waals surface area (Å²) >= 11 is 14.1. The fraction of sp³-hybridized carbons (Fsp3) is 0.350. The van der Waals surface area contributed by atoms with Gasteiger partial charge in [0.2, 0.25) is 5.16 Å². The lowest BCUT2D eigenvalue weighted by Crippen LogP contribution is -2.15. The van der Waals surface area contributed by atoms with Crippen LogP contribution in [-0.4, -0.2) is 39.6 Å². The summed E-state index contributed by atoms with van der Waals surface area (Å²) in [5, 5.41) is 16.2. The number of nitrogens with zero attached hydrogens (tertiary/aromatic N) is 4. The Labute approximate surface area is 194 Å². The Morgan fingerprint density at radius 1 is 1.23 bits per heavy atom. The zero-order valence-corrected chi connectivity index (χ0v) is 19.4. The molecule has 0 aliphatic rings. The van der Waals surface area contributed by atoms with Crippen LogP contribution in [0.15, 0.2) is 35.5 Å². The summed E-state index contributed by atoms with van der Waals surface area (Å²) in [5.41, 5.74) is 1.21. The van der Waals surface area contributed by atoms with Crippen molar-refractivity contribution in [2.75, 3.05) is 19.4 Å². The molecule has 166 valence electrons. The van der Waals surface area contributed by atoms with Gasteiger partial charge in [-0.15, -0.1) is 5.10 Å². The van der Waals surface area contributed by atoms with Crippen molar-refractivity contribution in [2.45, 2.75) is 24.7 Å².